The fourth-order valence-electron chi connectivity index (χ4n) is 3.11. The third kappa shape index (κ3) is 3.28. The standard InChI is InChI=1S/C15H13N3O4.C2H4O2/c19-13(17-6-9-8-22-15(21)11(9)7-17)10-5-16-12-3-1-2-4-18(12)14(10)20;1-2(3)4/h1-5,9,11H,6-8H2;1H3,(H,3,4)/t9-,11-;/m1./s1. The van der Waals surface area contributed by atoms with Gasteiger partial charge in [0.1, 0.15) is 11.2 Å². The summed E-state index contributed by atoms with van der Waals surface area (Å²) in [5.74, 6) is -1.70. The van der Waals surface area contributed by atoms with Crippen molar-refractivity contribution in [2.75, 3.05) is 19.7 Å². The number of cyclic esters (lactones) is 1. The summed E-state index contributed by atoms with van der Waals surface area (Å²) < 4.78 is 6.33. The molecule has 2 aliphatic rings. The van der Waals surface area contributed by atoms with E-state index in [0.29, 0.717) is 25.3 Å². The van der Waals surface area contributed by atoms with Crippen LogP contribution in [0.25, 0.3) is 5.65 Å². The number of hydrogen-bond donors (Lipinski definition) is 1. The lowest BCUT2D eigenvalue weighted by atomic mass is 10.0. The van der Waals surface area contributed by atoms with Crippen molar-refractivity contribution in [3.63, 3.8) is 0 Å². The molecule has 136 valence electrons. The highest BCUT2D eigenvalue weighted by atomic mass is 16.5. The van der Waals surface area contributed by atoms with Crippen LogP contribution in [0.5, 0.6) is 0 Å². The summed E-state index contributed by atoms with van der Waals surface area (Å²) in [6.45, 7) is 2.17. The van der Waals surface area contributed by atoms with Crippen LogP contribution in [0.15, 0.2) is 35.4 Å². The Morgan fingerprint density at radius 1 is 1.27 bits per heavy atom. The van der Waals surface area contributed by atoms with Crippen molar-refractivity contribution in [3.8, 4) is 0 Å². The third-order valence-corrected chi connectivity index (χ3v) is 4.31. The first-order valence-corrected chi connectivity index (χ1v) is 8.00. The van der Waals surface area contributed by atoms with Crippen molar-refractivity contribution in [3.05, 3.63) is 46.5 Å². The molecule has 0 saturated carbocycles. The predicted octanol–water partition coefficient (Wildman–Crippen LogP) is 0.0304. The summed E-state index contributed by atoms with van der Waals surface area (Å²) in [5, 5.41) is 7.42. The molecule has 9 heteroatoms. The number of carboxylic acid groups (broad SMARTS) is 1. The van der Waals surface area contributed by atoms with E-state index in [1.54, 1.807) is 29.3 Å². The van der Waals surface area contributed by atoms with E-state index in [4.69, 9.17) is 14.6 Å². The summed E-state index contributed by atoms with van der Waals surface area (Å²) >= 11 is 0. The maximum Gasteiger partial charge on any atom is 0.311 e. The highest BCUT2D eigenvalue weighted by Gasteiger charge is 2.45. The fraction of sp³-hybridized carbons (Fsp3) is 0.353. The molecule has 4 rings (SSSR count). The van der Waals surface area contributed by atoms with E-state index in [2.05, 4.69) is 4.98 Å². The molecule has 0 bridgehead atoms. The minimum atomic E-state index is -0.833. The van der Waals surface area contributed by atoms with Crippen molar-refractivity contribution >= 4 is 23.5 Å². The lowest BCUT2D eigenvalue weighted by Gasteiger charge is -2.16. The zero-order chi connectivity index (χ0) is 18.8. The Balaban J connectivity index is 0.000000447. The Morgan fingerprint density at radius 2 is 2.00 bits per heavy atom. The Kier molecular flexibility index (Phi) is 4.70. The van der Waals surface area contributed by atoms with Crippen molar-refractivity contribution in [1.29, 1.82) is 0 Å². The molecule has 2 aromatic rings. The molecule has 4 heterocycles. The van der Waals surface area contributed by atoms with Crippen LogP contribution in [-0.4, -0.2) is 56.9 Å². The van der Waals surface area contributed by atoms with Gasteiger partial charge in [0.25, 0.3) is 17.4 Å². The van der Waals surface area contributed by atoms with Gasteiger partial charge in [0.15, 0.2) is 0 Å². The average molecular weight is 359 g/mol. The second-order valence-corrected chi connectivity index (χ2v) is 6.13. The number of aliphatic carboxylic acids is 1. The van der Waals surface area contributed by atoms with Gasteiger partial charge in [-0.05, 0) is 12.1 Å². The molecular formula is C17H17N3O6. The maximum absolute atomic E-state index is 12.6. The smallest absolute Gasteiger partial charge is 0.311 e. The average Bonchev–Trinajstić information content (AvgIpc) is 3.17. The first kappa shape index (κ1) is 17.6. The Bertz CT molecular complexity index is 933. The molecule has 26 heavy (non-hydrogen) atoms. The van der Waals surface area contributed by atoms with Crippen LogP contribution < -0.4 is 5.56 Å². The van der Waals surface area contributed by atoms with Crippen molar-refractivity contribution in [1.82, 2.24) is 14.3 Å². The van der Waals surface area contributed by atoms with Crippen LogP contribution in [0.1, 0.15) is 17.3 Å². The quantitative estimate of drug-likeness (QED) is 0.714. The van der Waals surface area contributed by atoms with Crippen LogP contribution in [0, 0.1) is 11.8 Å². The Labute approximate surface area is 147 Å². The number of esters is 1. The molecule has 2 saturated heterocycles. The van der Waals surface area contributed by atoms with Crippen LogP contribution in [0.3, 0.4) is 0 Å². The van der Waals surface area contributed by atoms with Crippen LogP contribution >= 0.6 is 0 Å². The number of amides is 1. The number of aromatic nitrogens is 2. The zero-order valence-corrected chi connectivity index (χ0v) is 14.0. The number of carbonyl (C=O) groups excluding carboxylic acids is 2. The fourth-order valence-corrected chi connectivity index (χ4v) is 3.11. The molecule has 1 amide bonds. The third-order valence-electron chi connectivity index (χ3n) is 4.31. The molecule has 2 fully saturated rings. The van der Waals surface area contributed by atoms with Gasteiger partial charge in [-0.1, -0.05) is 6.07 Å². The molecule has 1 N–H and O–H groups in total. The van der Waals surface area contributed by atoms with Gasteiger partial charge in [-0.25, -0.2) is 4.98 Å². The van der Waals surface area contributed by atoms with Gasteiger partial charge in [0.05, 0.1) is 12.5 Å². The normalized spacial score (nSPS) is 21.0. The molecular weight excluding hydrogens is 342 g/mol. The van der Waals surface area contributed by atoms with Gasteiger partial charge in [0, 0.05) is 38.3 Å². The molecule has 9 nitrogen and oxygen atoms in total. The van der Waals surface area contributed by atoms with Crippen molar-refractivity contribution in [2.45, 2.75) is 6.92 Å². The Hall–Kier alpha value is -3.23. The van der Waals surface area contributed by atoms with E-state index in [1.165, 1.54) is 10.6 Å². The Morgan fingerprint density at radius 3 is 2.69 bits per heavy atom. The van der Waals surface area contributed by atoms with E-state index < -0.39 is 11.5 Å². The van der Waals surface area contributed by atoms with Gasteiger partial charge in [-0.15, -0.1) is 0 Å². The minimum absolute atomic E-state index is 0.0250. The van der Waals surface area contributed by atoms with E-state index in [-0.39, 0.29) is 29.3 Å². The SMILES string of the molecule is CC(=O)O.O=C1OC[C@H]2CN(C(=O)c3cnc4ccccn4c3=O)C[C@@H]12. The molecule has 2 aromatic heterocycles. The van der Waals surface area contributed by atoms with Gasteiger partial charge < -0.3 is 14.7 Å². The van der Waals surface area contributed by atoms with E-state index >= 15 is 0 Å². The van der Waals surface area contributed by atoms with Crippen molar-refractivity contribution < 1.29 is 24.2 Å². The summed E-state index contributed by atoms with van der Waals surface area (Å²) in [5.41, 5.74) is 0.123. The number of nitrogens with zero attached hydrogens (tertiary/aromatic N) is 3. The first-order valence-electron chi connectivity index (χ1n) is 8.00. The molecule has 0 aliphatic carbocycles. The number of carbonyl (C=O) groups is 3. The van der Waals surface area contributed by atoms with Gasteiger partial charge in [0.2, 0.25) is 0 Å². The monoisotopic (exact) mass is 359 g/mol. The van der Waals surface area contributed by atoms with Crippen LogP contribution in [0.4, 0.5) is 0 Å². The highest BCUT2D eigenvalue weighted by Crippen LogP contribution is 2.30. The van der Waals surface area contributed by atoms with Gasteiger partial charge >= 0.3 is 5.97 Å². The first-order chi connectivity index (χ1) is 12.4. The topological polar surface area (TPSA) is 118 Å². The number of ether oxygens (including phenoxy) is 1. The molecule has 2 atom stereocenters. The van der Waals surface area contributed by atoms with Gasteiger partial charge in [-0.2, -0.15) is 0 Å². The van der Waals surface area contributed by atoms with E-state index in [1.807, 2.05) is 0 Å². The maximum atomic E-state index is 12.6. The summed E-state index contributed by atoms with van der Waals surface area (Å²) in [4.78, 5) is 51.2. The lowest BCUT2D eigenvalue weighted by Crippen LogP contribution is -2.35. The highest BCUT2D eigenvalue weighted by molar-refractivity contribution is 5.94. The van der Waals surface area contributed by atoms with E-state index in [9.17, 15) is 14.4 Å². The molecule has 0 unspecified atom stereocenters. The molecule has 0 radical (unpaired) electrons. The van der Waals surface area contributed by atoms with Crippen LogP contribution in [-0.2, 0) is 14.3 Å². The second kappa shape index (κ2) is 6.95. The number of carboxylic acids is 1. The van der Waals surface area contributed by atoms with Crippen LogP contribution in [0.2, 0.25) is 0 Å². The summed E-state index contributed by atoms with van der Waals surface area (Å²) in [6.07, 6.45) is 2.89. The van der Waals surface area contributed by atoms with Crippen molar-refractivity contribution in [2.24, 2.45) is 11.8 Å². The molecule has 0 spiro atoms. The molecule has 2 aliphatic heterocycles. The lowest BCUT2D eigenvalue weighted by molar-refractivity contribution is -0.141. The van der Waals surface area contributed by atoms with E-state index in [0.717, 1.165) is 6.92 Å². The summed E-state index contributed by atoms with van der Waals surface area (Å²) in [7, 11) is 0. The number of likely N-dealkylation sites (tertiary alicyclic amines) is 1. The predicted molar refractivity (Wildman–Crippen MR) is 88.6 cm³/mol. The second-order valence-electron chi connectivity index (χ2n) is 6.13. The number of pyridine rings is 1. The largest absolute Gasteiger partial charge is 0.481 e. The minimum Gasteiger partial charge on any atom is -0.481 e. The van der Waals surface area contributed by atoms with Gasteiger partial charge in [-0.3, -0.25) is 23.6 Å². The zero-order valence-electron chi connectivity index (χ0n) is 14.0. The number of rotatable bonds is 1. The molecule has 0 aromatic carbocycles. The number of hydrogen-bond acceptors (Lipinski definition) is 6. The summed E-state index contributed by atoms with van der Waals surface area (Å²) in [6, 6.07) is 5.18. The number of fused-ring (bicyclic) bond motifs is 2.